The van der Waals surface area contributed by atoms with Gasteiger partial charge in [-0.1, -0.05) is 11.3 Å². The summed E-state index contributed by atoms with van der Waals surface area (Å²) in [4.78, 5) is 24.2. The summed E-state index contributed by atoms with van der Waals surface area (Å²) in [5.74, 6) is -0.896. The van der Waals surface area contributed by atoms with Crippen LogP contribution in [-0.2, 0) is 0 Å². The van der Waals surface area contributed by atoms with Crippen molar-refractivity contribution in [3.8, 4) is 0 Å². The van der Waals surface area contributed by atoms with E-state index in [0.717, 1.165) is 16.0 Å². The average Bonchev–Trinajstić information content (AvgIpc) is 3.09. The van der Waals surface area contributed by atoms with E-state index in [-0.39, 0.29) is 22.6 Å². The number of aryl methyl sites for hydroxylation is 1. The summed E-state index contributed by atoms with van der Waals surface area (Å²) < 4.78 is 14.3. The van der Waals surface area contributed by atoms with Gasteiger partial charge in [0.15, 0.2) is 11.1 Å². The molecular formula is C13H11FN6OS2. The zero-order chi connectivity index (χ0) is 16.6. The third kappa shape index (κ3) is 3.12. The van der Waals surface area contributed by atoms with Crippen molar-refractivity contribution in [2.45, 2.75) is 6.92 Å². The molecule has 2 aromatic heterocycles. The molecule has 0 unspecified atom stereocenters. The van der Waals surface area contributed by atoms with Gasteiger partial charge < -0.3 is 11.5 Å². The van der Waals surface area contributed by atoms with Gasteiger partial charge in [0.2, 0.25) is 5.13 Å². The molecule has 1 aromatic carbocycles. The summed E-state index contributed by atoms with van der Waals surface area (Å²) >= 11 is 2.40. The molecule has 0 radical (unpaired) electrons. The molecule has 0 aliphatic heterocycles. The first kappa shape index (κ1) is 15.3. The Balaban J connectivity index is 1.84. The molecule has 0 saturated carbocycles. The number of nitrogens with one attached hydrogen (secondary N) is 1. The number of hydrogen-bond donors (Lipinski definition) is 3. The standard InChI is InChI=1S/C13H11FN6OS2/c1-5-6(14)2-3-8-9(5)18-13(23-8)19-10(21)7-4-22-12(17-7)20-11(15)16/h2-4H,1H3,(H,18,19,21)(H4,15,16,17,20). The molecule has 0 atom stereocenters. The van der Waals surface area contributed by atoms with E-state index in [2.05, 4.69) is 20.3 Å². The number of halogens is 1. The molecule has 0 aliphatic carbocycles. The number of guanidine groups is 1. The predicted molar refractivity (Wildman–Crippen MR) is 89.9 cm³/mol. The van der Waals surface area contributed by atoms with Crippen molar-refractivity contribution in [3.63, 3.8) is 0 Å². The molecule has 0 spiro atoms. The minimum absolute atomic E-state index is 0.130. The van der Waals surface area contributed by atoms with Crippen LogP contribution in [0.2, 0.25) is 0 Å². The smallest absolute Gasteiger partial charge is 0.276 e. The van der Waals surface area contributed by atoms with E-state index in [0.29, 0.717) is 16.2 Å². The van der Waals surface area contributed by atoms with Crippen LogP contribution >= 0.6 is 22.7 Å². The normalized spacial score (nSPS) is 10.7. The molecule has 23 heavy (non-hydrogen) atoms. The third-order valence-corrected chi connectivity index (χ3v) is 4.59. The van der Waals surface area contributed by atoms with E-state index in [4.69, 9.17) is 11.5 Å². The summed E-state index contributed by atoms with van der Waals surface area (Å²) in [7, 11) is 0. The van der Waals surface area contributed by atoms with E-state index in [1.54, 1.807) is 13.0 Å². The Hall–Kier alpha value is -2.59. The van der Waals surface area contributed by atoms with Crippen LogP contribution < -0.4 is 16.8 Å². The fourth-order valence-electron chi connectivity index (χ4n) is 1.85. The third-order valence-electron chi connectivity index (χ3n) is 2.92. The fourth-order valence-corrected chi connectivity index (χ4v) is 3.45. The van der Waals surface area contributed by atoms with Gasteiger partial charge in [-0.05, 0) is 19.1 Å². The number of nitrogens with two attached hydrogens (primary N) is 2. The monoisotopic (exact) mass is 350 g/mol. The van der Waals surface area contributed by atoms with Gasteiger partial charge in [-0.25, -0.2) is 14.4 Å². The van der Waals surface area contributed by atoms with Gasteiger partial charge in [-0.3, -0.25) is 10.1 Å². The number of carbonyl (C=O) groups is 1. The zero-order valence-electron chi connectivity index (χ0n) is 11.8. The first-order valence-corrected chi connectivity index (χ1v) is 8.06. The van der Waals surface area contributed by atoms with Crippen LogP contribution in [0.1, 0.15) is 16.1 Å². The molecule has 5 N–H and O–H groups in total. The van der Waals surface area contributed by atoms with Crippen LogP contribution in [0.25, 0.3) is 10.2 Å². The highest BCUT2D eigenvalue weighted by molar-refractivity contribution is 7.22. The van der Waals surface area contributed by atoms with Gasteiger partial charge in [-0.15, -0.1) is 11.3 Å². The summed E-state index contributed by atoms with van der Waals surface area (Å²) in [6.45, 7) is 1.64. The number of benzene rings is 1. The van der Waals surface area contributed by atoms with Gasteiger partial charge in [0.25, 0.3) is 5.91 Å². The van der Waals surface area contributed by atoms with Crippen LogP contribution in [-0.4, -0.2) is 21.8 Å². The summed E-state index contributed by atoms with van der Waals surface area (Å²) in [6, 6.07) is 3.01. The summed E-state index contributed by atoms with van der Waals surface area (Å²) in [6.07, 6.45) is 0. The molecule has 3 rings (SSSR count). The lowest BCUT2D eigenvalue weighted by Gasteiger charge is -1.97. The number of carbonyl (C=O) groups excluding carboxylic acids is 1. The number of nitrogens with zero attached hydrogens (tertiary/aromatic N) is 3. The molecule has 0 saturated heterocycles. The maximum Gasteiger partial charge on any atom is 0.276 e. The van der Waals surface area contributed by atoms with E-state index < -0.39 is 5.91 Å². The first-order valence-electron chi connectivity index (χ1n) is 6.36. The highest BCUT2D eigenvalue weighted by Crippen LogP contribution is 2.29. The highest BCUT2D eigenvalue weighted by Gasteiger charge is 2.15. The molecule has 0 fully saturated rings. The SMILES string of the molecule is Cc1c(F)ccc2sc(NC(=O)c3csc(N=C(N)N)n3)nc12. The lowest BCUT2D eigenvalue weighted by molar-refractivity contribution is 0.102. The number of rotatable bonds is 3. The van der Waals surface area contributed by atoms with Crippen molar-refractivity contribution < 1.29 is 9.18 Å². The van der Waals surface area contributed by atoms with Gasteiger partial charge in [-0.2, -0.15) is 4.99 Å². The lowest BCUT2D eigenvalue weighted by Crippen LogP contribution is -2.21. The number of aliphatic imine (C=N–C) groups is 1. The highest BCUT2D eigenvalue weighted by atomic mass is 32.1. The molecule has 7 nitrogen and oxygen atoms in total. The minimum atomic E-state index is -0.435. The lowest BCUT2D eigenvalue weighted by atomic mass is 10.2. The summed E-state index contributed by atoms with van der Waals surface area (Å²) in [5.41, 5.74) is 11.7. The second-order valence-corrected chi connectivity index (χ2v) is 6.41. The van der Waals surface area contributed by atoms with Gasteiger partial charge in [0.1, 0.15) is 11.5 Å². The Morgan fingerprint density at radius 3 is 2.87 bits per heavy atom. The van der Waals surface area contributed by atoms with Crippen molar-refractivity contribution in [2.24, 2.45) is 16.5 Å². The van der Waals surface area contributed by atoms with E-state index in [1.165, 1.54) is 22.8 Å². The Labute approximate surface area is 137 Å². The van der Waals surface area contributed by atoms with E-state index >= 15 is 0 Å². The molecule has 0 aliphatic rings. The Morgan fingerprint density at radius 2 is 2.13 bits per heavy atom. The van der Waals surface area contributed by atoms with Crippen molar-refractivity contribution >= 4 is 55.0 Å². The van der Waals surface area contributed by atoms with Crippen molar-refractivity contribution in [3.05, 3.63) is 34.6 Å². The van der Waals surface area contributed by atoms with Gasteiger partial charge in [0.05, 0.1) is 10.2 Å². The zero-order valence-corrected chi connectivity index (χ0v) is 13.5. The number of anilines is 1. The quantitative estimate of drug-likeness (QED) is 0.495. The van der Waals surface area contributed by atoms with E-state index in [9.17, 15) is 9.18 Å². The van der Waals surface area contributed by atoms with Crippen LogP contribution in [0, 0.1) is 12.7 Å². The largest absolute Gasteiger partial charge is 0.370 e. The van der Waals surface area contributed by atoms with Crippen LogP contribution in [0.5, 0.6) is 0 Å². The number of hydrogen-bond acceptors (Lipinski definition) is 6. The second-order valence-electron chi connectivity index (χ2n) is 4.54. The minimum Gasteiger partial charge on any atom is -0.370 e. The second kappa shape index (κ2) is 5.89. The fraction of sp³-hybridized carbons (Fsp3) is 0.0769. The molecular weight excluding hydrogens is 339 g/mol. The van der Waals surface area contributed by atoms with Crippen LogP contribution in [0.3, 0.4) is 0 Å². The topological polar surface area (TPSA) is 119 Å². The average molecular weight is 350 g/mol. The van der Waals surface area contributed by atoms with Crippen LogP contribution in [0.4, 0.5) is 14.7 Å². The maximum absolute atomic E-state index is 13.5. The Kier molecular flexibility index (Phi) is 3.92. The summed E-state index contributed by atoms with van der Waals surface area (Å²) in [5, 5.41) is 4.84. The number of amides is 1. The maximum atomic E-state index is 13.5. The molecule has 0 bridgehead atoms. The van der Waals surface area contributed by atoms with Gasteiger partial charge >= 0.3 is 0 Å². The number of thiazole rings is 2. The predicted octanol–water partition coefficient (Wildman–Crippen LogP) is 2.36. The number of fused-ring (bicyclic) bond motifs is 1. The van der Waals surface area contributed by atoms with Crippen molar-refractivity contribution in [1.82, 2.24) is 9.97 Å². The van der Waals surface area contributed by atoms with Crippen molar-refractivity contribution in [1.29, 1.82) is 0 Å². The Bertz CT molecular complexity index is 928. The Morgan fingerprint density at radius 1 is 1.35 bits per heavy atom. The molecule has 10 heteroatoms. The van der Waals surface area contributed by atoms with Gasteiger partial charge in [0, 0.05) is 10.9 Å². The number of aromatic nitrogens is 2. The molecule has 1 amide bonds. The van der Waals surface area contributed by atoms with E-state index in [1.807, 2.05) is 0 Å². The molecule has 2 heterocycles. The first-order chi connectivity index (χ1) is 10.9. The van der Waals surface area contributed by atoms with Crippen molar-refractivity contribution in [2.75, 3.05) is 5.32 Å². The molecule has 3 aromatic rings. The molecule has 118 valence electrons. The van der Waals surface area contributed by atoms with Crippen LogP contribution in [0.15, 0.2) is 22.5 Å².